The van der Waals surface area contributed by atoms with Crippen LogP contribution in [0.15, 0.2) is 24.3 Å². The van der Waals surface area contributed by atoms with Crippen molar-refractivity contribution in [2.45, 2.75) is 61.7 Å². The van der Waals surface area contributed by atoms with Crippen LogP contribution >= 0.6 is 0 Å². The molecule has 3 fully saturated rings. The molecule has 7 heteroatoms. The zero-order valence-electron chi connectivity index (χ0n) is 19.8. The summed E-state index contributed by atoms with van der Waals surface area (Å²) in [5.41, 5.74) is 7.57. The Balaban J connectivity index is 1.46. The molecular formula is C26H36N3O4+. The van der Waals surface area contributed by atoms with E-state index in [1.807, 2.05) is 6.07 Å². The van der Waals surface area contributed by atoms with E-state index in [0.717, 1.165) is 60.3 Å². The molecule has 7 nitrogen and oxygen atoms in total. The van der Waals surface area contributed by atoms with E-state index in [2.05, 4.69) is 19.7 Å². The quantitative estimate of drug-likeness (QED) is 0.527. The Bertz CT molecular complexity index is 1040. The van der Waals surface area contributed by atoms with Crippen molar-refractivity contribution < 1.29 is 23.9 Å². The van der Waals surface area contributed by atoms with Gasteiger partial charge in [-0.3, -0.25) is 0 Å². The van der Waals surface area contributed by atoms with E-state index in [1.165, 1.54) is 23.3 Å². The Labute approximate surface area is 195 Å². The third kappa shape index (κ3) is 2.76. The minimum atomic E-state index is -0.849. The lowest BCUT2D eigenvalue weighted by Crippen LogP contribution is -2.80. The molecule has 2 bridgehead atoms. The fourth-order valence-electron chi connectivity index (χ4n) is 7.59. The van der Waals surface area contributed by atoms with Gasteiger partial charge in [0.15, 0.2) is 11.5 Å². The van der Waals surface area contributed by atoms with Crippen molar-refractivity contribution >= 4 is 6.09 Å². The number of nitrogens with zero attached hydrogens (tertiary/aromatic N) is 2. The predicted octanol–water partition coefficient (Wildman–Crippen LogP) is 2.34. The van der Waals surface area contributed by atoms with E-state index in [1.54, 1.807) is 7.05 Å². The molecule has 2 heterocycles. The molecule has 5 atom stereocenters. The fourth-order valence-corrected chi connectivity index (χ4v) is 7.59. The van der Waals surface area contributed by atoms with Gasteiger partial charge in [-0.1, -0.05) is 12.6 Å². The maximum atomic E-state index is 12.6. The molecule has 5 aliphatic rings. The third-order valence-corrected chi connectivity index (χ3v) is 9.39. The number of amides is 1. The topological polar surface area (TPSA) is 85.0 Å². The van der Waals surface area contributed by atoms with Crippen LogP contribution in [-0.4, -0.2) is 78.6 Å². The van der Waals surface area contributed by atoms with Crippen LogP contribution in [0.1, 0.15) is 43.2 Å². The van der Waals surface area contributed by atoms with Gasteiger partial charge in [0, 0.05) is 44.5 Å². The lowest BCUT2D eigenvalue weighted by atomic mass is 9.48. The number of carbonyl (C=O) groups is 1. The van der Waals surface area contributed by atoms with Gasteiger partial charge in [-0.25, -0.2) is 4.79 Å². The number of quaternary nitrogens is 1. The Hall–Kier alpha value is -2.09. The number of aliphatic hydroxyl groups is 1. The summed E-state index contributed by atoms with van der Waals surface area (Å²) in [5.74, 6) is 1.86. The number of nitrogens with two attached hydrogens (primary N) is 1. The van der Waals surface area contributed by atoms with Crippen LogP contribution in [0.25, 0.3) is 0 Å². The summed E-state index contributed by atoms with van der Waals surface area (Å²) in [6.07, 6.45) is 5.08. The molecule has 1 aromatic rings. The van der Waals surface area contributed by atoms with Gasteiger partial charge in [0.2, 0.25) is 0 Å². The molecule has 1 amide bonds. The highest BCUT2D eigenvalue weighted by molar-refractivity contribution is 5.73. The van der Waals surface area contributed by atoms with Crippen molar-refractivity contribution in [2.24, 2.45) is 11.7 Å². The number of carbonyl (C=O) groups excluding carboxylic acids is 1. The van der Waals surface area contributed by atoms with Gasteiger partial charge >= 0.3 is 6.09 Å². The van der Waals surface area contributed by atoms with Crippen molar-refractivity contribution in [1.82, 2.24) is 4.90 Å². The van der Waals surface area contributed by atoms with Crippen LogP contribution in [0, 0.1) is 5.92 Å². The van der Waals surface area contributed by atoms with Gasteiger partial charge < -0.3 is 29.7 Å². The molecule has 6 rings (SSSR count). The molecule has 3 aliphatic carbocycles. The van der Waals surface area contributed by atoms with Crippen molar-refractivity contribution in [1.29, 1.82) is 0 Å². The van der Waals surface area contributed by atoms with E-state index in [9.17, 15) is 9.90 Å². The van der Waals surface area contributed by atoms with Crippen molar-refractivity contribution in [3.63, 3.8) is 0 Å². The third-order valence-electron chi connectivity index (χ3n) is 9.39. The highest BCUT2D eigenvalue weighted by atomic mass is 16.6. The fraction of sp³-hybridized carbons (Fsp3) is 0.654. The lowest BCUT2D eigenvalue weighted by Gasteiger charge is -2.65. The number of rotatable bonds is 5. The van der Waals surface area contributed by atoms with Crippen LogP contribution < -0.4 is 15.2 Å². The maximum Gasteiger partial charge on any atom is 0.415 e. The average molecular weight is 455 g/mol. The van der Waals surface area contributed by atoms with Gasteiger partial charge in [0.25, 0.3) is 0 Å². The summed E-state index contributed by atoms with van der Waals surface area (Å²) in [4.78, 5) is 14.1. The first-order chi connectivity index (χ1) is 15.7. The number of benzene rings is 1. The van der Waals surface area contributed by atoms with E-state index in [0.29, 0.717) is 24.6 Å². The molecule has 33 heavy (non-hydrogen) atoms. The zero-order valence-corrected chi connectivity index (χ0v) is 19.8. The molecular weight excluding hydrogens is 418 g/mol. The summed E-state index contributed by atoms with van der Waals surface area (Å²) in [5, 5.41) is 12.6. The Morgan fingerprint density at radius 1 is 1.39 bits per heavy atom. The van der Waals surface area contributed by atoms with Crippen LogP contribution in [0.3, 0.4) is 0 Å². The Morgan fingerprint density at radius 2 is 2.18 bits per heavy atom. The molecule has 3 N–H and O–H groups in total. The largest absolute Gasteiger partial charge is 0.481 e. The minimum Gasteiger partial charge on any atom is -0.481 e. The van der Waals surface area contributed by atoms with Crippen molar-refractivity contribution in [3.8, 4) is 11.5 Å². The molecule has 0 unspecified atom stereocenters. The molecule has 1 aromatic carbocycles. The summed E-state index contributed by atoms with van der Waals surface area (Å²) in [6, 6.07) is 4.10. The number of hydrogen-bond donors (Lipinski definition) is 2. The van der Waals surface area contributed by atoms with Crippen LogP contribution in [0.4, 0.5) is 4.79 Å². The zero-order chi connectivity index (χ0) is 23.2. The van der Waals surface area contributed by atoms with E-state index >= 15 is 0 Å². The maximum absolute atomic E-state index is 12.6. The van der Waals surface area contributed by atoms with Crippen LogP contribution in [0.5, 0.6) is 11.5 Å². The normalized spacial score (nSPS) is 37.9. The van der Waals surface area contributed by atoms with Crippen LogP contribution in [-0.2, 0) is 11.8 Å². The van der Waals surface area contributed by atoms with Gasteiger partial charge in [-0.15, -0.1) is 0 Å². The van der Waals surface area contributed by atoms with Gasteiger partial charge in [-0.05, 0) is 42.9 Å². The smallest absolute Gasteiger partial charge is 0.415 e. The van der Waals surface area contributed by atoms with E-state index in [4.69, 9.17) is 15.2 Å². The Morgan fingerprint density at radius 3 is 2.91 bits per heavy atom. The molecule has 178 valence electrons. The highest BCUT2D eigenvalue weighted by Gasteiger charge is 2.75. The standard InChI is InChI=1S/C26H36N3O4/c1-16-8-9-26(31)20-14-18-6-7-19(32-24(30)28(2)12-11-27)22-21(18)25(26,23(16)33-22)10-13-29(20,3)15-17-4-5-17/h6-7,17,20,23,31H,1,4-5,8-15,27H2,2-3H3/q+1/t20-,23+,25+,26-,29+/m1/s1. The van der Waals surface area contributed by atoms with Gasteiger partial charge in [-0.2, -0.15) is 0 Å². The van der Waals surface area contributed by atoms with Gasteiger partial charge in [0.1, 0.15) is 17.7 Å². The highest BCUT2D eigenvalue weighted by Crippen LogP contribution is 2.67. The summed E-state index contributed by atoms with van der Waals surface area (Å²) in [6.45, 7) is 7.34. The SMILES string of the molecule is C=C1CC[C@@]2(O)[C@H]3Cc4ccc(OC(=O)N(C)CCN)c5c4[C@@]2(CC[N@@+]3(C)CC2CC2)[C@H]1O5. The minimum absolute atomic E-state index is 0.147. The molecule has 1 saturated heterocycles. The summed E-state index contributed by atoms with van der Waals surface area (Å²) in [7, 11) is 4.04. The molecule has 2 aliphatic heterocycles. The molecule has 0 radical (unpaired) electrons. The first-order valence-electron chi connectivity index (χ1n) is 12.4. The molecule has 2 saturated carbocycles. The second-order valence-electron chi connectivity index (χ2n) is 11.4. The number of likely N-dealkylation sites (tertiary alicyclic amines) is 1. The summed E-state index contributed by atoms with van der Waals surface area (Å²) >= 11 is 0. The van der Waals surface area contributed by atoms with Crippen LogP contribution in [0.2, 0.25) is 0 Å². The Kier molecular flexibility index (Phi) is 4.53. The van der Waals surface area contributed by atoms with Crippen molar-refractivity contribution in [3.05, 3.63) is 35.4 Å². The molecule has 1 spiro atoms. The van der Waals surface area contributed by atoms with E-state index < -0.39 is 17.1 Å². The lowest BCUT2D eigenvalue weighted by molar-refractivity contribution is -0.950. The first-order valence-corrected chi connectivity index (χ1v) is 12.4. The second-order valence-corrected chi connectivity index (χ2v) is 11.4. The monoisotopic (exact) mass is 454 g/mol. The second kappa shape index (κ2) is 6.96. The predicted molar refractivity (Wildman–Crippen MR) is 124 cm³/mol. The van der Waals surface area contributed by atoms with Gasteiger partial charge in [0.05, 0.1) is 25.6 Å². The van der Waals surface area contributed by atoms with E-state index in [-0.39, 0.29) is 12.1 Å². The number of ether oxygens (including phenoxy) is 2. The number of piperidine rings is 1. The first kappa shape index (κ1) is 21.4. The van der Waals surface area contributed by atoms with Crippen molar-refractivity contribution in [2.75, 3.05) is 40.3 Å². The number of likely N-dealkylation sites (N-methyl/N-ethyl adjacent to an activating group) is 2. The average Bonchev–Trinajstić information content (AvgIpc) is 3.50. The molecule has 0 aromatic heterocycles. The number of hydrogen-bond acceptors (Lipinski definition) is 5. The summed E-state index contributed by atoms with van der Waals surface area (Å²) < 4.78 is 13.3.